The zero-order valence-corrected chi connectivity index (χ0v) is 6.64. The minimum atomic E-state index is -4.40. The van der Waals surface area contributed by atoms with Crippen molar-refractivity contribution in [1.82, 2.24) is 0 Å². The van der Waals surface area contributed by atoms with Gasteiger partial charge in [0, 0.05) is 0 Å². The molecule has 0 atom stereocenters. The molecule has 1 rings (SSSR count). The van der Waals surface area contributed by atoms with Crippen molar-refractivity contribution >= 4 is 27.9 Å². The first-order valence-corrected chi connectivity index (χ1v) is 4.74. The van der Waals surface area contributed by atoms with Gasteiger partial charge in [0.1, 0.15) is 5.75 Å². The molecule has 3 N–H and O–H groups in total. The van der Waals surface area contributed by atoms with Crippen LogP contribution in [0.1, 0.15) is 0 Å². The number of rotatable bonds is 2. The summed E-state index contributed by atoms with van der Waals surface area (Å²) < 4.78 is 4.41. The first-order chi connectivity index (χ1) is 5.08. The van der Waals surface area contributed by atoms with Crippen molar-refractivity contribution in [2.75, 3.05) is 0 Å². The first kappa shape index (κ1) is 11.7. The van der Waals surface area contributed by atoms with E-state index in [2.05, 4.69) is 4.43 Å². The predicted molar refractivity (Wildman–Crippen MR) is 46.6 cm³/mol. The fourth-order valence-corrected chi connectivity index (χ4v) is 1.10. The molecule has 0 unspecified atom stereocenters. The number of hydrogen-bond acceptors (Lipinski definition) is 4. The van der Waals surface area contributed by atoms with Crippen molar-refractivity contribution in [2.24, 2.45) is 0 Å². The molecule has 0 aliphatic carbocycles. The van der Waals surface area contributed by atoms with E-state index in [4.69, 9.17) is 14.4 Å². The molecule has 62 valence electrons. The Hall–Kier alpha value is -0.286. The third-order valence-corrected chi connectivity index (χ3v) is 1.51. The molecule has 0 bridgehead atoms. The van der Waals surface area contributed by atoms with E-state index in [1.165, 1.54) is 12.1 Å². The van der Waals surface area contributed by atoms with Gasteiger partial charge in [-0.1, -0.05) is 18.2 Å². The van der Waals surface area contributed by atoms with Crippen LogP contribution >= 0.6 is 0 Å². The fourth-order valence-electron chi connectivity index (χ4n) is 0.647. The van der Waals surface area contributed by atoms with Crippen LogP contribution < -0.4 is 4.43 Å². The van der Waals surface area contributed by atoms with Crippen LogP contribution in [-0.2, 0) is 0 Å². The molecule has 0 saturated heterocycles. The Morgan fingerprint density at radius 1 is 1.00 bits per heavy atom. The Kier molecular flexibility index (Phi) is 4.56. The zero-order chi connectivity index (χ0) is 8.32. The molecule has 0 amide bonds. The van der Waals surface area contributed by atoms with E-state index in [9.17, 15) is 0 Å². The molecular formula is C6H9LiO4Si. The van der Waals surface area contributed by atoms with Crippen molar-refractivity contribution in [3.63, 3.8) is 0 Å². The monoisotopic (exact) mass is 180 g/mol. The van der Waals surface area contributed by atoms with E-state index in [0.29, 0.717) is 0 Å². The molecule has 0 spiro atoms. The molecule has 4 nitrogen and oxygen atoms in total. The normalized spacial score (nSPS) is 10.2. The molecule has 1 aromatic rings. The summed E-state index contributed by atoms with van der Waals surface area (Å²) >= 11 is 0. The van der Waals surface area contributed by atoms with E-state index in [0.717, 1.165) is 0 Å². The van der Waals surface area contributed by atoms with Crippen LogP contribution in [0.15, 0.2) is 30.3 Å². The second-order valence-electron chi connectivity index (χ2n) is 1.99. The quantitative estimate of drug-likeness (QED) is 0.501. The predicted octanol–water partition coefficient (Wildman–Crippen LogP) is -1.17. The van der Waals surface area contributed by atoms with Gasteiger partial charge >= 0.3 is 27.9 Å². The van der Waals surface area contributed by atoms with Crippen LogP contribution in [0.5, 0.6) is 5.75 Å². The van der Waals surface area contributed by atoms with Crippen LogP contribution in [0.3, 0.4) is 0 Å². The molecule has 0 aliphatic rings. The Bertz CT molecular complexity index is 223. The van der Waals surface area contributed by atoms with E-state index in [1.54, 1.807) is 18.2 Å². The molecule has 0 aliphatic heterocycles. The maximum absolute atomic E-state index is 8.50. The van der Waals surface area contributed by atoms with Gasteiger partial charge in [0.25, 0.3) is 0 Å². The van der Waals surface area contributed by atoms with Crippen molar-refractivity contribution in [1.29, 1.82) is 0 Å². The van der Waals surface area contributed by atoms with Gasteiger partial charge in [-0.25, -0.2) is 0 Å². The number of hydrogen-bond donors (Lipinski definition) is 3. The van der Waals surface area contributed by atoms with Crippen LogP contribution in [0, 0.1) is 0 Å². The summed E-state index contributed by atoms with van der Waals surface area (Å²) in [6.07, 6.45) is 0. The Morgan fingerprint density at radius 2 is 1.50 bits per heavy atom. The van der Waals surface area contributed by atoms with Gasteiger partial charge in [0.15, 0.2) is 0 Å². The molecular weight excluding hydrogens is 171 g/mol. The Morgan fingerprint density at radius 3 is 1.92 bits per heavy atom. The van der Waals surface area contributed by atoms with Crippen LogP contribution in [0.2, 0.25) is 0 Å². The molecule has 0 fully saturated rings. The van der Waals surface area contributed by atoms with E-state index in [-0.39, 0.29) is 24.6 Å². The average molecular weight is 180 g/mol. The summed E-state index contributed by atoms with van der Waals surface area (Å²) in [7, 11) is -4.40. The first-order valence-electron chi connectivity index (χ1n) is 2.99. The molecule has 0 aromatic heterocycles. The summed E-state index contributed by atoms with van der Waals surface area (Å²) in [5.41, 5.74) is 0. The number of benzene rings is 1. The second-order valence-corrected chi connectivity index (χ2v) is 3.34. The molecule has 0 heterocycles. The summed E-state index contributed by atoms with van der Waals surface area (Å²) in [5, 5.41) is 0. The summed E-state index contributed by atoms with van der Waals surface area (Å²) in [6.45, 7) is 0. The SMILES string of the molecule is O[Si](O)(O)Oc1ccccc1.[LiH]. The summed E-state index contributed by atoms with van der Waals surface area (Å²) in [6, 6.07) is 8.11. The molecule has 0 radical (unpaired) electrons. The van der Waals surface area contributed by atoms with Gasteiger partial charge in [-0.15, -0.1) is 0 Å². The molecule has 12 heavy (non-hydrogen) atoms. The molecule has 6 heteroatoms. The van der Waals surface area contributed by atoms with Crippen molar-refractivity contribution in [3.8, 4) is 5.75 Å². The van der Waals surface area contributed by atoms with Crippen LogP contribution in [-0.4, -0.2) is 42.3 Å². The van der Waals surface area contributed by atoms with Crippen molar-refractivity contribution in [2.45, 2.75) is 0 Å². The number of para-hydroxylation sites is 1. The molecule has 0 saturated carbocycles. The Labute approximate surface area is 83.1 Å². The van der Waals surface area contributed by atoms with Gasteiger partial charge in [0.05, 0.1) is 0 Å². The zero-order valence-electron chi connectivity index (χ0n) is 5.64. The van der Waals surface area contributed by atoms with E-state index >= 15 is 0 Å². The van der Waals surface area contributed by atoms with Gasteiger partial charge in [-0.2, -0.15) is 0 Å². The van der Waals surface area contributed by atoms with Gasteiger partial charge in [-0.3, -0.25) is 0 Å². The second kappa shape index (κ2) is 4.67. The van der Waals surface area contributed by atoms with Gasteiger partial charge in [0.2, 0.25) is 0 Å². The van der Waals surface area contributed by atoms with Crippen molar-refractivity contribution in [3.05, 3.63) is 30.3 Å². The summed E-state index contributed by atoms with van der Waals surface area (Å²) in [4.78, 5) is 25.5. The Balaban J connectivity index is 0.00000121. The van der Waals surface area contributed by atoms with Crippen LogP contribution in [0.4, 0.5) is 0 Å². The molecule has 1 aromatic carbocycles. The maximum atomic E-state index is 8.50. The van der Waals surface area contributed by atoms with Crippen LogP contribution in [0.25, 0.3) is 0 Å². The fraction of sp³-hybridized carbons (Fsp3) is 0. The van der Waals surface area contributed by atoms with Crippen molar-refractivity contribution < 1.29 is 18.8 Å². The van der Waals surface area contributed by atoms with Gasteiger partial charge in [-0.05, 0) is 12.1 Å². The third kappa shape index (κ3) is 4.56. The topological polar surface area (TPSA) is 69.9 Å². The van der Waals surface area contributed by atoms with E-state index < -0.39 is 9.05 Å². The third-order valence-electron chi connectivity index (χ3n) is 0.998. The average Bonchev–Trinajstić information content (AvgIpc) is 1.85. The minimum absolute atomic E-state index is 0. The van der Waals surface area contributed by atoms with E-state index in [1.807, 2.05) is 0 Å². The standard InChI is InChI=1S/C6H8O4Si.Li.H/c7-11(8,9)10-6-4-2-1-3-5-6;;/h1-5,7-9H;;. The van der Waals surface area contributed by atoms with Gasteiger partial charge < -0.3 is 18.8 Å². The summed E-state index contributed by atoms with van der Waals surface area (Å²) in [5.74, 6) is 0.242.